The number of rotatable bonds is 3. The molecule has 0 aromatic rings. The molecule has 17 heavy (non-hydrogen) atoms. The zero-order chi connectivity index (χ0) is 12.4. The first-order valence-corrected chi connectivity index (χ1v) is 7.11. The second kappa shape index (κ2) is 5.68. The summed E-state index contributed by atoms with van der Waals surface area (Å²) < 4.78 is 0. The summed E-state index contributed by atoms with van der Waals surface area (Å²) in [6.07, 6.45) is 5.77. The lowest BCUT2D eigenvalue weighted by molar-refractivity contribution is 0.0590. The molecule has 100 valence electrons. The lowest BCUT2D eigenvalue weighted by Gasteiger charge is -2.39. The minimum absolute atomic E-state index is 0.0275. The molecule has 1 heterocycles. The molecule has 2 unspecified atom stereocenters. The Kier molecular flexibility index (Phi) is 4.45. The second-order valence-electron chi connectivity index (χ2n) is 6.33. The Morgan fingerprint density at radius 1 is 1.06 bits per heavy atom. The monoisotopic (exact) mass is 240 g/mol. The summed E-state index contributed by atoms with van der Waals surface area (Å²) in [5.41, 5.74) is 0. The van der Waals surface area contributed by atoms with Gasteiger partial charge in [-0.1, -0.05) is 0 Å². The highest BCUT2D eigenvalue weighted by Gasteiger charge is 2.36. The number of aliphatic hydroxyl groups is 1. The molecule has 0 amide bonds. The van der Waals surface area contributed by atoms with Crippen molar-refractivity contribution in [2.24, 2.45) is 11.8 Å². The SMILES string of the molecule is CN1CCC(C(C2CCC(O)CC2)N(C)C)C1. The molecule has 1 N–H and O–H groups in total. The maximum atomic E-state index is 9.63. The van der Waals surface area contributed by atoms with Gasteiger partial charge in [-0.2, -0.15) is 0 Å². The molecule has 2 aliphatic rings. The highest BCUT2D eigenvalue weighted by molar-refractivity contribution is 4.90. The smallest absolute Gasteiger partial charge is 0.0540 e. The van der Waals surface area contributed by atoms with Crippen molar-refractivity contribution >= 4 is 0 Å². The number of nitrogens with zero attached hydrogens (tertiary/aromatic N) is 2. The van der Waals surface area contributed by atoms with E-state index < -0.39 is 0 Å². The van der Waals surface area contributed by atoms with Crippen LogP contribution in [0.15, 0.2) is 0 Å². The van der Waals surface area contributed by atoms with Gasteiger partial charge in [0.05, 0.1) is 6.10 Å². The fourth-order valence-electron chi connectivity index (χ4n) is 3.92. The molecule has 1 saturated heterocycles. The third-order valence-corrected chi connectivity index (χ3v) is 4.73. The summed E-state index contributed by atoms with van der Waals surface area (Å²) in [5, 5.41) is 9.63. The molecule has 1 saturated carbocycles. The molecule has 3 heteroatoms. The molecule has 0 spiro atoms. The lowest BCUT2D eigenvalue weighted by Crippen LogP contribution is -2.44. The van der Waals surface area contributed by atoms with Crippen LogP contribution in [-0.2, 0) is 0 Å². The topological polar surface area (TPSA) is 26.7 Å². The van der Waals surface area contributed by atoms with Gasteiger partial charge in [0, 0.05) is 12.6 Å². The Hall–Kier alpha value is -0.120. The highest BCUT2D eigenvalue weighted by atomic mass is 16.3. The number of likely N-dealkylation sites (tertiary alicyclic amines) is 1. The maximum Gasteiger partial charge on any atom is 0.0540 e. The van der Waals surface area contributed by atoms with E-state index in [0.717, 1.165) is 24.7 Å². The summed E-state index contributed by atoms with van der Waals surface area (Å²) in [4.78, 5) is 4.89. The Bertz CT molecular complexity index is 236. The van der Waals surface area contributed by atoms with Crippen molar-refractivity contribution < 1.29 is 5.11 Å². The van der Waals surface area contributed by atoms with Gasteiger partial charge >= 0.3 is 0 Å². The van der Waals surface area contributed by atoms with Crippen LogP contribution in [0.25, 0.3) is 0 Å². The Labute approximate surface area is 106 Å². The Morgan fingerprint density at radius 3 is 2.18 bits per heavy atom. The van der Waals surface area contributed by atoms with Crippen molar-refractivity contribution in [1.82, 2.24) is 9.80 Å². The Morgan fingerprint density at radius 2 is 1.71 bits per heavy atom. The van der Waals surface area contributed by atoms with Gasteiger partial charge in [0.15, 0.2) is 0 Å². The van der Waals surface area contributed by atoms with Crippen LogP contribution in [-0.4, -0.2) is 61.3 Å². The van der Waals surface area contributed by atoms with Gasteiger partial charge in [0.25, 0.3) is 0 Å². The molecule has 1 aliphatic heterocycles. The quantitative estimate of drug-likeness (QED) is 0.808. The van der Waals surface area contributed by atoms with Gasteiger partial charge in [0.1, 0.15) is 0 Å². The molecule has 2 atom stereocenters. The van der Waals surface area contributed by atoms with Gasteiger partial charge in [-0.25, -0.2) is 0 Å². The van der Waals surface area contributed by atoms with E-state index in [9.17, 15) is 5.11 Å². The molecular weight excluding hydrogens is 212 g/mol. The summed E-state index contributed by atoms with van der Waals surface area (Å²) in [6, 6.07) is 0.715. The van der Waals surface area contributed by atoms with E-state index in [-0.39, 0.29) is 6.10 Å². The summed E-state index contributed by atoms with van der Waals surface area (Å²) in [5.74, 6) is 1.63. The van der Waals surface area contributed by atoms with Crippen LogP contribution < -0.4 is 0 Å². The van der Waals surface area contributed by atoms with Crippen molar-refractivity contribution in [3.8, 4) is 0 Å². The van der Waals surface area contributed by atoms with Gasteiger partial charge in [0.2, 0.25) is 0 Å². The van der Waals surface area contributed by atoms with Gasteiger partial charge in [-0.3, -0.25) is 0 Å². The first-order valence-electron chi connectivity index (χ1n) is 7.11. The zero-order valence-electron chi connectivity index (χ0n) is 11.6. The van der Waals surface area contributed by atoms with Crippen molar-refractivity contribution in [1.29, 1.82) is 0 Å². The van der Waals surface area contributed by atoms with E-state index in [4.69, 9.17) is 0 Å². The van der Waals surface area contributed by atoms with E-state index in [1.807, 2.05) is 0 Å². The van der Waals surface area contributed by atoms with E-state index >= 15 is 0 Å². The van der Waals surface area contributed by atoms with Crippen LogP contribution >= 0.6 is 0 Å². The van der Waals surface area contributed by atoms with E-state index in [2.05, 4.69) is 30.9 Å². The maximum absolute atomic E-state index is 9.63. The summed E-state index contributed by atoms with van der Waals surface area (Å²) >= 11 is 0. The molecule has 0 aromatic heterocycles. The fourth-order valence-corrected chi connectivity index (χ4v) is 3.92. The molecule has 1 aliphatic carbocycles. The molecule has 0 bridgehead atoms. The minimum Gasteiger partial charge on any atom is -0.393 e. The number of hydrogen-bond donors (Lipinski definition) is 1. The zero-order valence-corrected chi connectivity index (χ0v) is 11.6. The molecule has 0 radical (unpaired) electrons. The third-order valence-electron chi connectivity index (χ3n) is 4.73. The van der Waals surface area contributed by atoms with E-state index in [1.165, 1.54) is 32.4 Å². The molecule has 2 fully saturated rings. The van der Waals surface area contributed by atoms with Crippen molar-refractivity contribution in [3.05, 3.63) is 0 Å². The van der Waals surface area contributed by atoms with Crippen molar-refractivity contribution in [2.45, 2.75) is 44.2 Å². The average molecular weight is 240 g/mol. The normalized spacial score (nSPS) is 37.6. The molecule has 3 nitrogen and oxygen atoms in total. The van der Waals surface area contributed by atoms with Crippen LogP contribution in [0.2, 0.25) is 0 Å². The summed E-state index contributed by atoms with van der Waals surface area (Å²) in [6.45, 7) is 2.51. The number of hydrogen-bond acceptors (Lipinski definition) is 3. The van der Waals surface area contributed by atoms with Crippen LogP contribution in [0.1, 0.15) is 32.1 Å². The highest BCUT2D eigenvalue weighted by Crippen LogP contribution is 2.34. The molecule has 2 rings (SSSR count). The second-order valence-corrected chi connectivity index (χ2v) is 6.33. The van der Waals surface area contributed by atoms with E-state index in [1.54, 1.807) is 0 Å². The van der Waals surface area contributed by atoms with E-state index in [0.29, 0.717) is 6.04 Å². The van der Waals surface area contributed by atoms with Gasteiger partial charge in [-0.15, -0.1) is 0 Å². The fraction of sp³-hybridized carbons (Fsp3) is 1.00. The van der Waals surface area contributed by atoms with Gasteiger partial charge in [-0.05, 0) is 71.6 Å². The van der Waals surface area contributed by atoms with Crippen LogP contribution in [0, 0.1) is 11.8 Å². The predicted molar refractivity (Wildman–Crippen MR) is 71.0 cm³/mol. The minimum atomic E-state index is -0.0275. The predicted octanol–water partition coefficient (Wildman–Crippen LogP) is 1.42. The van der Waals surface area contributed by atoms with Gasteiger partial charge < -0.3 is 14.9 Å². The lowest BCUT2D eigenvalue weighted by atomic mass is 9.77. The van der Waals surface area contributed by atoms with Crippen molar-refractivity contribution in [2.75, 3.05) is 34.2 Å². The molecule has 0 aromatic carbocycles. The number of aliphatic hydroxyl groups excluding tert-OH is 1. The first kappa shape index (κ1) is 13.3. The van der Waals surface area contributed by atoms with Crippen LogP contribution in [0.5, 0.6) is 0 Å². The first-order chi connectivity index (χ1) is 8.08. The third kappa shape index (κ3) is 3.21. The standard InChI is InChI=1S/C14H28N2O/c1-15(2)14(12-8-9-16(3)10-12)11-4-6-13(17)7-5-11/h11-14,17H,4-10H2,1-3H3. The van der Waals surface area contributed by atoms with Crippen LogP contribution in [0.3, 0.4) is 0 Å². The average Bonchev–Trinajstić information content (AvgIpc) is 2.68. The Balaban J connectivity index is 1.97. The van der Waals surface area contributed by atoms with Crippen molar-refractivity contribution in [3.63, 3.8) is 0 Å². The van der Waals surface area contributed by atoms with Crippen LogP contribution in [0.4, 0.5) is 0 Å². The summed E-state index contributed by atoms with van der Waals surface area (Å²) in [7, 11) is 6.69. The molecular formula is C14H28N2O. The largest absolute Gasteiger partial charge is 0.393 e.